The number of rotatable bonds is 0. The first kappa shape index (κ1) is 8.54. The van der Waals surface area contributed by atoms with E-state index in [1.54, 1.807) is 0 Å². The molecule has 0 saturated carbocycles. The molecule has 0 unspecified atom stereocenters. The number of benzene rings is 1. The molecule has 0 radical (unpaired) electrons. The molecule has 0 atom stereocenters. The van der Waals surface area contributed by atoms with Gasteiger partial charge in [0.1, 0.15) is 0 Å². The van der Waals surface area contributed by atoms with Gasteiger partial charge in [-0.1, -0.05) is 0 Å². The number of hydrogen-bond acceptors (Lipinski definition) is 0. The van der Waals surface area contributed by atoms with E-state index < -0.39 is 27.8 Å². The third-order valence-electron chi connectivity index (χ3n) is 1.04. The van der Waals surface area contributed by atoms with E-state index in [2.05, 4.69) is 15.7 Å². The van der Waals surface area contributed by atoms with Crippen molar-refractivity contribution in [3.63, 3.8) is 0 Å². The van der Waals surface area contributed by atoms with Crippen molar-refractivity contribution < 1.29 is 33.3 Å². The van der Waals surface area contributed by atoms with Crippen LogP contribution < -0.4 is 4.50 Å². The summed E-state index contributed by atoms with van der Waals surface area (Å²) in [5.74, 6) is -6.59. The Kier molecular flexibility index (Phi) is 2.19. The van der Waals surface area contributed by atoms with E-state index in [0.29, 0.717) is 6.07 Å². The normalized spacial score (nSPS) is 10.4. The third kappa shape index (κ3) is 1.39. The van der Waals surface area contributed by atoms with Crippen molar-refractivity contribution in [2.24, 2.45) is 0 Å². The van der Waals surface area contributed by atoms with Crippen LogP contribution in [0.15, 0.2) is 6.07 Å². The predicted octanol–water partition coefficient (Wildman–Crippen LogP) is 1.42. The van der Waals surface area contributed by atoms with Crippen LogP contribution in [0.3, 0.4) is 0 Å². The Morgan fingerprint density at radius 1 is 0.909 bits per heavy atom. The van der Waals surface area contributed by atoms with E-state index in [1.807, 2.05) is 0 Å². The van der Waals surface area contributed by atoms with E-state index in [-0.39, 0.29) is 0 Å². The van der Waals surface area contributed by atoms with Crippen LogP contribution in [0.4, 0.5) is 17.6 Å². The van der Waals surface area contributed by atoms with Crippen LogP contribution >= 0.6 is 0 Å². The first-order valence-electron chi connectivity index (χ1n) is 2.50. The van der Waals surface area contributed by atoms with E-state index in [1.165, 1.54) is 0 Å². The van der Waals surface area contributed by atoms with Crippen LogP contribution in [0.1, 0.15) is 0 Å². The van der Waals surface area contributed by atoms with Crippen molar-refractivity contribution in [2.45, 2.75) is 0 Å². The minimum atomic E-state index is -1.84. The third-order valence-corrected chi connectivity index (χ3v) is 1.42. The van der Waals surface area contributed by atoms with E-state index >= 15 is 0 Å². The molecule has 0 N–H and O–H groups in total. The molecule has 0 aliphatic rings. The summed E-state index contributed by atoms with van der Waals surface area (Å²) in [6.07, 6.45) is 0. The second-order valence-electron chi connectivity index (χ2n) is 1.76. The van der Waals surface area contributed by atoms with Gasteiger partial charge < -0.3 is 0 Å². The number of hydrogen-bond donors (Lipinski definition) is 0. The monoisotopic (exact) mass is 208 g/mol. The Morgan fingerprint density at radius 2 is 1.45 bits per heavy atom. The second-order valence-corrected chi connectivity index (χ2v) is 2.32. The van der Waals surface area contributed by atoms with E-state index in [9.17, 15) is 17.6 Å². The van der Waals surface area contributed by atoms with Gasteiger partial charge in [0.2, 0.25) is 0 Å². The van der Waals surface area contributed by atoms with Crippen molar-refractivity contribution in [2.75, 3.05) is 0 Å². The van der Waals surface area contributed by atoms with Gasteiger partial charge in [-0.15, -0.1) is 0 Å². The maximum absolute atomic E-state index is 12.3. The fraction of sp³-hybridized carbons (Fsp3) is 0. The molecule has 0 heterocycles. The first-order valence-corrected chi connectivity index (χ1v) is 3.02. The maximum atomic E-state index is 12.3. The molecule has 0 spiro atoms. The van der Waals surface area contributed by atoms with Crippen molar-refractivity contribution in [1.29, 1.82) is 0 Å². The molecule has 1 aromatic carbocycles. The second kappa shape index (κ2) is 2.82. The van der Waals surface area contributed by atoms with Gasteiger partial charge in [-0.05, 0) is 0 Å². The molecule has 11 heavy (non-hydrogen) atoms. The topological polar surface area (TPSA) is 0 Å². The zero-order chi connectivity index (χ0) is 8.59. The van der Waals surface area contributed by atoms with Gasteiger partial charge in [0.05, 0.1) is 0 Å². The molecular weight excluding hydrogens is 207 g/mol. The van der Waals surface area contributed by atoms with Crippen LogP contribution in [-0.2, 0) is 15.7 Å². The Labute approximate surface area is 67.8 Å². The van der Waals surface area contributed by atoms with Crippen molar-refractivity contribution in [1.82, 2.24) is 0 Å². The summed E-state index contributed by atoms with van der Waals surface area (Å²) in [5, 5.41) is 0. The van der Waals surface area contributed by atoms with Crippen LogP contribution in [-0.4, -0.2) is 0 Å². The fourth-order valence-corrected chi connectivity index (χ4v) is 0.780. The molecule has 0 aromatic heterocycles. The molecule has 0 nitrogen and oxygen atoms in total. The van der Waals surface area contributed by atoms with Gasteiger partial charge in [-0.2, -0.15) is 0 Å². The summed E-state index contributed by atoms with van der Waals surface area (Å²) in [6, 6.07) is 0.466. The molecule has 5 heteroatoms. The molecule has 0 amide bonds. The SMILES string of the molecule is Fc1c[c]([Co])c(F)c(F)c1F. The summed E-state index contributed by atoms with van der Waals surface area (Å²) in [5.41, 5.74) is 0. The molecule has 62 valence electrons. The Bertz CT molecular complexity index is 271. The quantitative estimate of drug-likeness (QED) is 0.343. The first-order chi connectivity index (χ1) is 5.04. The van der Waals surface area contributed by atoms with Crippen molar-refractivity contribution >= 4 is 4.50 Å². The molecule has 0 bridgehead atoms. The molecule has 0 aliphatic carbocycles. The Morgan fingerprint density at radius 3 is 2.00 bits per heavy atom. The predicted molar refractivity (Wildman–Crippen MR) is 25.9 cm³/mol. The van der Waals surface area contributed by atoms with Crippen molar-refractivity contribution in [3.05, 3.63) is 29.3 Å². The Balaban J connectivity index is 3.46. The zero-order valence-electron chi connectivity index (χ0n) is 4.92. The molecule has 1 aromatic rings. The molecule has 0 fully saturated rings. The average Bonchev–Trinajstić information content (AvgIpc) is 1.97. The summed E-state index contributed by atoms with van der Waals surface area (Å²) in [4.78, 5) is 0. The van der Waals surface area contributed by atoms with Gasteiger partial charge in [-0.3, -0.25) is 0 Å². The van der Waals surface area contributed by atoms with Gasteiger partial charge in [0.15, 0.2) is 0 Å². The summed E-state index contributed by atoms with van der Waals surface area (Å²) < 4.78 is 48.3. The molecule has 0 aliphatic heterocycles. The van der Waals surface area contributed by atoms with Crippen LogP contribution in [0, 0.1) is 23.3 Å². The number of halogens is 4. The summed E-state index contributed by atoms with van der Waals surface area (Å²) in [7, 11) is 0. The molecular formula is C6HCoF4. The van der Waals surface area contributed by atoms with Gasteiger partial charge in [0, 0.05) is 0 Å². The van der Waals surface area contributed by atoms with Gasteiger partial charge >= 0.3 is 67.1 Å². The fourth-order valence-electron chi connectivity index (χ4n) is 0.533. The van der Waals surface area contributed by atoms with Crippen molar-refractivity contribution in [3.8, 4) is 0 Å². The molecule has 0 saturated heterocycles. The summed E-state index contributed by atoms with van der Waals surface area (Å²) in [6.45, 7) is 0. The zero-order valence-corrected chi connectivity index (χ0v) is 5.96. The van der Waals surface area contributed by atoms with Crippen LogP contribution in [0.2, 0.25) is 0 Å². The van der Waals surface area contributed by atoms with Crippen LogP contribution in [0.5, 0.6) is 0 Å². The van der Waals surface area contributed by atoms with Crippen LogP contribution in [0.25, 0.3) is 0 Å². The Hall–Kier alpha value is -0.554. The van der Waals surface area contributed by atoms with E-state index in [0.717, 1.165) is 0 Å². The van der Waals surface area contributed by atoms with Gasteiger partial charge in [0.25, 0.3) is 0 Å². The van der Waals surface area contributed by atoms with Gasteiger partial charge in [-0.25, -0.2) is 0 Å². The average molecular weight is 208 g/mol. The van der Waals surface area contributed by atoms with E-state index in [4.69, 9.17) is 0 Å². The standard InChI is InChI=1S/C6HF4.Co/c7-3-1-2-4(8)6(10)5(3)9;/h1H;. The summed E-state index contributed by atoms with van der Waals surface area (Å²) >= 11 is 3.41. The minimum absolute atomic E-state index is 0.466. The molecule has 1 rings (SSSR count).